The highest BCUT2D eigenvalue weighted by atomic mass is 16.4. The number of hydrogen-bond donors (Lipinski definition) is 3. The van der Waals surface area contributed by atoms with Gasteiger partial charge in [0.05, 0.1) is 6.04 Å². The molecule has 0 aromatic rings. The van der Waals surface area contributed by atoms with E-state index in [4.69, 9.17) is 14.7 Å². The third-order valence-electron chi connectivity index (χ3n) is 2.85. The van der Waals surface area contributed by atoms with Crippen LogP contribution in [0, 0.1) is 5.92 Å². The zero-order valence-electron chi connectivity index (χ0n) is 14.1. The van der Waals surface area contributed by atoms with Crippen molar-refractivity contribution in [3.8, 4) is 0 Å². The molecule has 0 aliphatic rings. The summed E-state index contributed by atoms with van der Waals surface area (Å²) in [5, 5.41) is 14.0. The third kappa shape index (κ3) is 19.6. The number of carbonyl (C=O) groups excluding carboxylic acids is 5. The van der Waals surface area contributed by atoms with Crippen molar-refractivity contribution in [1.82, 2.24) is 10.6 Å². The van der Waals surface area contributed by atoms with Gasteiger partial charge in [-0.05, 0) is 19.9 Å². The maximum absolute atomic E-state index is 12.3. The van der Waals surface area contributed by atoms with Crippen molar-refractivity contribution in [2.24, 2.45) is 5.92 Å². The zero-order chi connectivity index (χ0) is 19.5. The van der Waals surface area contributed by atoms with Crippen molar-refractivity contribution < 1.29 is 33.9 Å². The van der Waals surface area contributed by atoms with Crippen molar-refractivity contribution in [2.45, 2.75) is 53.5 Å². The van der Waals surface area contributed by atoms with E-state index in [-0.39, 0.29) is 45.8 Å². The van der Waals surface area contributed by atoms with E-state index in [1.807, 2.05) is 13.6 Å². The van der Waals surface area contributed by atoms with E-state index in [1.165, 1.54) is 6.92 Å². The molecule has 0 rings (SSSR count). The molecule has 9 heteroatoms. The van der Waals surface area contributed by atoms with Crippen LogP contribution in [0.4, 0.5) is 0 Å². The number of carboxylic acids is 1. The Morgan fingerprint density at radius 3 is 1.92 bits per heavy atom. The van der Waals surface area contributed by atoms with Crippen molar-refractivity contribution in [2.75, 3.05) is 13.6 Å². The zero-order valence-corrected chi connectivity index (χ0v) is 14.1. The minimum atomic E-state index is -1.02. The monoisotopic (exact) mass is 378 g/mol. The van der Waals surface area contributed by atoms with Crippen LogP contribution in [0.5, 0.6) is 0 Å². The molecule has 0 spiro atoms. The fourth-order valence-electron chi connectivity index (χ4n) is 1.94. The molecule has 26 heavy (non-hydrogen) atoms. The summed E-state index contributed by atoms with van der Waals surface area (Å²) in [6.07, 6.45) is 1.22. The van der Waals surface area contributed by atoms with Crippen molar-refractivity contribution in [3.05, 3.63) is 0 Å². The Hall–Kier alpha value is -2.42. The average Bonchev–Trinajstić information content (AvgIpc) is 2.58. The summed E-state index contributed by atoms with van der Waals surface area (Å²) >= 11 is 0. The molecule has 0 saturated carbocycles. The van der Waals surface area contributed by atoms with Gasteiger partial charge in [-0.1, -0.05) is 14.9 Å². The molecule has 2 unspecified atom stereocenters. The number of aliphatic carboxylic acids is 1. The van der Waals surface area contributed by atoms with E-state index in [9.17, 15) is 19.2 Å². The highest BCUT2D eigenvalue weighted by Crippen LogP contribution is 2.12. The van der Waals surface area contributed by atoms with E-state index < -0.39 is 17.9 Å². The first kappa shape index (κ1) is 34.8. The third-order valence-corrected chi connectivity index (χ3v) is 2.85. The van der Waals surface area contributed by atoms with Gasteiger partial charge < -0.3 is 30.1 Å². The molecule has 154 valence electrons. The molecule has 0 saturated heterocycles. The molecule has 3 N–H and O–H groups in total. The SMILES string of the molecule is C.C.C=O.C=O.CNCC(CCC=O)C(=O)C(CCC(=O)O)NC(C)=O. The van der Waals surface area contributed by atoms with E-state index in [1.54, 1.807) is 7.05 Å². The highest BCUT2D eigenvalue weighted by Gasteiger charge is 2.27. The molecule has 0 aromatic carbocycles. The Balaban J connectivity index is -0.000000227. The Kier molecular flexibility index (Phi) is 33.3. The summed E-state index contributed by atoms with van der Waals surface area (Å²) in [7, 11) is 1.69. The van der Waals surface area contributed by atoms with Crippen LogP contribution in [0.2, 0.25) is 0 Å². The van der Waals surface area contributed by atoms with Gasteiger partial charge in [0.15, 0.2) is 5.78 Å². The largest absolute Gasteiger partial charge is 0.481 e. The molecule has 0 bridgehead atoms. The van der Waals surface area contributed by atoms with Crippen molar-refractivity contribution in [1.29, 1.82) is 0 Å². The van der Waals surface area contributed by atoms with Crippen molar-refractivity contribution in [3.63, 3.8) is 0 Å². The molecule has 0 fully saturated rings. The van der Waals surface area contributed by atoms with Crippen LogP contribution in [0.15, 0.2) is 0 Å². The van der Waals surface area contributed by atoms with E-state index in [2.05, 4.69) is 10.6 Å². The Morgan fingerprint density at radius 2 is 1.58 bits per heavy atom. The molecule has 2 atom stereocenters. The summed E-state index contributed by atoms with van der Waals surface area (Å²) < 4.78 is 0. The van der Waals surface area contributed by atoms with Crippen LogP contribution in [0.3, 0.4) is 0 Å². The van der Waals surface area contributed by atoms with Crippen LogP contribution in [-0.2, 0) is 28.8 Å². The van der Waals surface area contributed by atoms with Gasteiger partial charge in [-0.3, -0.25) is 14.4 Å². The molecule has 0 heterocycles. The number of amides is 1. The smallest absolute Gasteiger partial charge is 0.303 e. The summed E-state index contributed by atoms with van der Waals surface area (Å²) in [6.45, 7) is 5.66. The summed E-state index contributed by atoms with van der Waals surface area (Å²) in [4.78, 5) is 60.5. The minimum absolute atomic E-state index is 0. The maximum Gasteiger partial charge on any atom is 0.303 e. The number of nitrogens with one attached hydrogen (secondary N) is 2. The molecular formula is C17H34N2O7. The lowest BCUT2D eigenvalue weighted by Crippen LogP contribution is -2.45. The number of ketones is 1. The molecular weight excluding hydrogens is 344 g/mol. The van der Waals surface area contributed by atoms with Crippen LogP contribution >= 0.6 is 0 Å². The average molecular weight is 378 g/mol. The molecule has 0 aliphatic carbocycles. The fourth-order valence-corrected chi connectivity index (χ4v) is 1.94. The van der Waals surface area contributed by atoms with E-state index >= 15 is 0 Å². The Morgan fingerprint density at radius 1 is 1.08 bits per heavy atom. The van der Waals surface area contributed by atoms with Crippen LogP contribution < -0.4 is 10.6 Å². The first-order valence-corrected chi connectivity index (χ1v) is 7.11. The second-order valence-electron chi connectivity index (χ2n) is 4.59. The van der Waals surface area contributed by atoms with Crippen molar-refractivity contribution >= 4 is 37.5 Å². The van der Waals surface area contributed by atoms with Crippen LogP contribution in [-0.4, -0.2) is 62.3 Å². The van der Waals surface area contributed by atoms with Gasteiger partial charge in [0.2, 0.25) is 5.91 Å². The topological polar surface area (TPSA) is 147 Å². The second kappa shape index (κ2) is 24.8. The molecule has 0 aromatic heterocycles. The minimum Gasteiger partial charge on any atom is -0.481 e. The van der Waals surface area contributed by atoms with Gasteiger partial charge >= 0.3 is 5.97 Å². The van der Waals surface area contributed by atoms with Crippen LogP contribution in [0.25, 0.3) is 0 Å². The van der Waals surface area contributed by atoms with Gasteiger partial charge in [0.1, 0.15) is 19.9 Å². The van der Waals surface area contributed by atoms with Gasteiger partial charge in [-0.25, -0.2) is 0 Å². The summed E-state index contributed by atoms with van der Waals surface area (Å²) in [5.41, 5.74) is 0. The van der Waals surface area contributed by atoms with E-state index in [0.717, 1.165) is 6.29 Å². The number of hydrogen-bond acceptors (Lipinski definition) is 7. The van der Waals surface area contributed by atoms with Crippen LogP contribution in [0.1, 0.15) is 47.5 Å². The van der Waals surface area contributed by atoms with Gasteiger partial charge in [-0.2, -0.15) is 0 Å². The normalized spacial score (nSPS) is 10.5. The lowest BCUT2D eigenvalue weighted by molar-refractivity contribution is -0.138. The molecule has 0 radical (unpaired) electrons. The maximum atomic E-state index is 12.3. The summed E-state index contributed by atoms with van der Waals surface area (Å²) in [5.74, 6) is -2.06. The quantitative estimate of drug-likeness (QED) is 0.444. The lowest BCUT2D eigenvalue weighted by atomic mass is 9.91. The predicted molar refractivity (Wildman–Crippen MR) is 99.9 cm³/mol. The summed E-state index contributed by atoms with van der Waals surface area (Å²) in [6, 6.07) is -0.825. The predicted octanol–water partition coefficient (Wildman–Crippen LogP) is 0.642. The number of aldehydes is 1. The second-order valence-corrected chi connectivity index (χ2v) is 4.59. The Bertz CT molecular complexity index is 387. The van der Waals surface area contributed by atoms with Gasteiger partial charge in [-0.15, -0.1) is 0 Å². The molecule has 1 amide bonds. The fraction of sp³-hybridized carbons (Fsp3) is 0.647. The van der Waals surface area contributed by atoms with Gasteiger partial charge in [0.25, 0.3) is 0 Å². The number of carboxylic acid groups (broad SMARTS) is 1. The first-order chi connectivity index (χ1) is 11.4. The van der Waals surface area contributed by atoms with E-state index in [0.29, 0.717) is 13.0 Å². The molecule has 9 nitrogen and oxygen atoms in total. The standard InChI is InChI=1S/C13H22N2O5.2CH2O.2CH4/c1-9(17)15-11(5-6-12(18)19)13(20)10(8-14-2)4-3-7-16;2*1-2;;/h7,10-11,14H,3-6,8H2,1-2H3,(H,15,17)(H,18,19);2*1H2;2*1H4. The highest BCUT2D eigenvalue weighted by molar-refractivity contribution is 5.90. The number of rotatable bonds is 11. The van der Waals surface area contributed by atoms with Gasteiger partial charge in [0, 0.05) is 32.2 Å². The lowest BCUT2D eigenvalue weighted by Gasteiger charge is -2.22. The number of Topliss-reactive ketones (excluding diaryl/α,β-unsaturated/α-hetero) is 1. The first-order valence-electron chi connectivity index (χ1n) is 7.11. The number of carbonyl (C=O) groups is 6. The molecule has 0 aliphatic heterocycles. The Labute approximate surface area is 155 Å².